The maximum atomic E-state index is 15.3. The monoisotopic (exact) mass is 549 g/mol. The molecule has 0 saturated heterocycles. The van der Waals surface area contributed by atoms with Gasteiger partial charge < -0.3 is 18.6 Å². The Balaban J connectivity index is 1.59. The minimum absolute atomic E-state index is 0.00224. The molecule has 0 saturated carbocycles. The molecular formula is C31H33F2N3O4. The van der Waals surface area contributed by atoms with Gasteiger partial charge in [0.25, 0.3) is 11.8 Å². The molecule has 0 aliphatic carbocycles. The fourth-order valence-electron chi connectivity index (χ4n) is 5.35. The molecule has 0 unspecified atom stereocenters. The van der Waals surface area contributed by atoms with E-state index in [9.17, 15) is 14.0 Å². The Labute approximate surface area is 231 Å². The molecule has 210 valence electrons. The van der Waals surface area contributed by atoms with Gasteiger partial charge in [-0.05, 0) is 76.7 Å². The van der Waals surface area contributed by atoms with Gasteiger partial charge in [-0.2, -0.15) is 0 Å². The molecule has 1 aliphatic heterocycles. The van der Waals surface area contributed by atoms with Crippen molar-refractivity contribution in [3.63, 3.8) is 0 Å². The van der Waals surface area contributed by atoms with Crippen LogP contribution in [0.3, 0.4) is 0 Å². The van der Waals surface area contributed by atoms with Gasteiger partial charge in [0.05, 0.1) is 29.6 Å². The lowest BCUT2D eigenvalue weighted by atomic mass is 9.94. The van der Waals surface area contributed by atoms with Crippen LogP contribution in [0.15, 0.2) is 47.2 Å². The Morgan fingerprint density at radius 1 is 1.02 bits per heavy atom. The number of halogens is 2. The highest BCUT2D eigenvalue weighted by Gasteiger charge is 2.37. The summed E-state index contributed by atoms with van der Waals surface area (Å²) in [4.78, 5) is 28.7. The van der Waals surface area contributed by atoms with E-state index in [1.165, 1.54) is 12.3 Å². The topological polar surface area (TPSA) is 76.7 Å². The molecule has 2 aromatic carbocycles. The summed E-state index contributed by atoms with van der Waals surface area (Å²) >= 11 is 0. The molecule has 2 aromatic heterocycles. The summed E-state index contributed by atoms with van der Waals surface area (Å²) in [6, 6.07) is 8.12. The summed E-state index contributed by atoms with van der Waals surface area (Å²) in [7, 11) is 0. The third kappa shape index (κ3) is 4.90. The van der Waals surface area contributed by atoms with Crippen LogP contribution in [-0.2, 0) is 9.59 Å². The SMILES string of the molecule is CCN(CC)CCCCOc1ccc2c(c1)c(C1=C(c3c(F)c(F)cc4ccoc34)C(=O)NC1=O)cn2C(C)C. The van der Waals surface area contributed by atoms with Crippen molar-refractivity contribution in [2.24, 2.45) is 0 Å². The molecule has 0 fully saturated rings. The fourth-order valence-corrected chi connectivity index (χ4v) is 5.35. The van der Waals surface area contributed by atoms with E-state index in [0.717, 1.165) is 44.1 Å². The lowest BCUT2D eigenvalue weighted by molar-refractivity contribution is -0.122. The number of nitrogens with zero attached hydrogens (tertiary/aromatic N) is 2. The smallest absolute Gasteiger partial charge is 0.259 e. The molecule has 0 radical (unpaired) electrons. The number of hydrogen-bond donors (Lipinski definition) is 1. The van der Waals surface area contributed by atoms with Crippen LogP contribution >= 0.6 is 0 Å². The summed E-state index contributed by atoms with van der Waals surface area (Å²) in [6.45, 7) is 11.9. The average molecular weight is 550 g/mol. The van der Waals surface area contributed by atoms with E-state index in [4.69, 9.17) is 9.15 Å². The number of furan rings is 1. The second-order valence-corrected chi connectivity index (χ2v) is 10.2. The van der Waals surface area contributed by atoms with Gasteiger partial charge in [0.1, 0.15) is 11.3 Å². The quantitative estimate of drug-likeness (QED) is 0.175. The summed E-state index contributed by atoms with van der Waals surface area (Å²) in [6.07, 6.45) is 4.96. The van der Waals surface area contributed by atoms with Crippen LogP contribution < -0.4 is 10.1 Å². The molecule has 5 rings (SSSR count). The van der Waals surface area contributed by atoms with Crippen LogP contribution in [0.4, 0.5) is 8.78 Å². The van der Waals surface area contributed by atoms with Gasteiger partial charge in [-0.15, -0.1) is 0 Å². The number of carbonyl (C=O) groups excluding carboxylic acids is 2. The number of imide groups is 1. The van der Waals surface area contributed by atoms with Crippen LogP contribution in [0.1, 0.15) is 57.7 Å². The van der Waals surface area contributed by atoms with Crippen molar-refractivity contribution >= 4 is 44.8 Å². The first-order valence-corrected chi connectivity index (χ1v) is 13.7. The molecule has 0 spiro atoms. The Kier molecular flexibility index (Phi) is 7.76. The maximum Gasteiger partial charge on any atom is 0.259 e. The second-order valence-electron chi connectivity index (χ2n) is 10.2. The van der Waals surface area contributed by atoms with Crippen molar-refractivity contribution in [1.29, 1.82) is 0 Å². The molecule has 7 nitrogen and oxygen atoms in total. The van der Waals surface area contributed by atoms with Crippen LogP contribution in [0.25, 0.3) is 33.0 Å². The number of aromatic nitrogens is 1. The first-order chi connectivity index (χ1) is 19.2. The van der Waals surface area contributed by atoms with Crippen molar-refractivity contribution in [3.05, 3.63) is 65.6 Å². The van der Waals surface area contributed by atoms with Crippen molar-refractivity contribution in [1.82, 2.24) is 14.8 Å². The molecule has 2 amide bonds. The van der Waals surface area contributed by atoms with E-state index < -0.39 is 23.4 Å². The standard InChI is InChI=1S/C31H33F2N3O4/c1-5-35(6-2)12-7-8-13-39-20-9-10-24-21(16-20)22(17-36(24)18(3)4)25-26(31(38)34-30(25)37)27-28(33)23(32)15-19-11-14-40-29(19)27/h9-11,14-18H,5-8,12-13H2,1-4H3,(H,34,37,38). The van der Waals surface area contributed by atoms with E-state index >= 15 is 4.39 Å². The highest BCUT2D eigenvalue weighted by Crippen LogP contribution is 2.41. The summed E-state index contributed by atoms with van der Waals surface area (Å²) in [5.41, 5.74) is 0.584. The molecular weight excluding hydrogens is 516 g/mol. The number of ether oxygens (including phenoxy) is 1. The van der Waals surface area contributed by atoms with Crippen molar-refractivity contribution in [2.45, 2.75) is 46.6 Å². The predicted molar refractivity (Wildman–Crippen MR) is 151 cm³/mol. The fraction of sp³-hybridized carbons (Fsp3) is 0.355. The van der Waals surface area contributed by atoms with Crippen LogP contribution in [0.5, 0.6) is 5.75 Å². The Hall–Kier alpha value is -3.98. The number of hydrogen-bond acceptors (Lipinski definition) is 5. The maximum absolute atomic E-state index is 15.3. The van der Waals surface area contributed by atoms with Gasteiger partial charge in [-0.25, -0.2) is 8.78 Å². The first-order valence-electron chi connectivity index (χ1n) is 13.7. The van der Waals surface area contributed by atoms with Crippen LogP contribution in [0, 0.1) is 11.6 Å². The van der Waals surface area contributed by atoms with E-state index in [-0.39, 0.29) is 33.7 Å². The Morgan fingerprint density at radius 3 is 2.50 bits per heavy atom. The number of fused-ring (bicyclic) bond motifs is 2. The number of nitrogens with one attached hydrogen (secondary N) is 1. The van der Waals surface area contributed by atoms with Gasteiger partial charge >= 0.3 is 0 Å². The third-order valence-corrected chi connectivity index (χ3v) is 7.48. The number of rotatable bonds is 11. The van der Waals surface area contributed by atoms with Crippen molar-refractivity contribution in [2.75, 3.05) is 26.2 Å². The van der Waals surface area contributed by atoms with Crippen molar-refractivity contribution < 1.29 is 27.5 Å². The van der Waals surface area contributed by atoms with E-state index in [1.54, 1.807) is 6.20 Å². The van der Waals surface area contributed by atoms with E-state index in [0.29, 0.717) is 23.3 Å². The lowest BCUT2D eigenvalue weighted by Gasteiger charge is -2.17. The molecule has 0 atom stereocenters. The van der Waals surface area contributed by atoms with E-state index in [2.05, 4.69) is 24.1 Å². The zero-order valence-electron chi connectivity index (χ0n) is 23.1. The Bertz CT molecular complexity index is 1630. The molecule has 1 N–H and O–H groups in total. The summed E-state index contributed by atoms with van der Waals surface area (Å²) < 4.78 is 43.3. The number of unbranched alkanes of at least 4 members (excludes halogenated alkanes) is 1. The number of carbonyl (C=O) groups is 2. The largest absolute Gasteiger partial charge is 0.494 e. The lowest BCUT2D eigenvalue weighted by Crippen LogP contribution is -2.24. The van der Waals surface area contributed by atoms with Crippen molar-refractivity contribution in [3.8, 4) is 5.75 Å². The normalized spacial score (nSPS) is 14.0. The van der Waals surface area contributed by atoms with Gasteiger partial charge in [0.2, 0.25) is 0 Å². The highest BCUT2D eigenvalue weighted by molar-refractivity contribution is 6.50. The number of amides is 2. The predicted octanol–water partition coefficient (Wildman–Crippen LogP) is 6.31. The molecule has 3 heterocycles. The second kappa shape index (κ2) is 11.3. The van der Waals surface area contributed by atoms with Crippen LogP contribution in [0.2, 0.25) is 0 Å². The zero-order valence-corrected chi connectivity index (χ0v) is 23.1. The van der Waals surface area contributed by atoms with E-state index in [1.807, 2.05) is 36.6 Å². The molecule has 40 heavy (non-hydrogen) atoms. The average Bonchev–Trinajstić information content (AvgIpc) is 3.62. The molecule has 4 aromatic rings. The molecule has 0 bridgehead atoms. The molecule has 9 heteroatoms. The Morgan fingerprint density at radius 2 is 1.77 bits per heavy atom. The third-order valence-electron chi connectivity index (χ3n) is 7.48. The highest BCUT2D eigenvalue weighted by atomic mass is 19.2. The molecule has 1 aliphatic rings. The minimum Gasteiger partial charge on any atom is -0.494 e. The summed E-state index contributed by atoms with van der Waals surface area (Å²) in [5.74, 6) is -3.26. The van der Waals surface area contributed by atoms with Gasteiger partial charge in [-0.1, -0.05) is 13.8 Å². The minimum atomic E-state index is -1.25. The summed E-state index contributed by atoms with van der Waals surface area (Å²) in [5, 5.41) is 3.23. The zero-order chi connectivity index (χ0) is 28.6. The van der Waals surface area contributed by atoms with Gasteiger partial charge in [0, 0.05) is 34.1 Å². The number of benzene rings is 2. The van der Waals surface area contributed by atoms with Crippen LogP contribution in [-0.4, -0.2) is 47.5 Å². The van der Waals surface area contributed by atoms with Gasteiger partial charge in [0.15, 0.2) is 11.6 Å². The van der Waals surface area contributed by atoms with Gasteiger partial charge in [-0.3, -0.25) is 14.9 Å². The first kappa shape index (κ1) is 27.6.